The topological polar surface area (TPSA) is 86.6 Å². The number of hydrogen-bond donors (Lipinski definition) is 3. The van der Waals surface area contributed by atoms with Gasteiger partial charge in [0.1, 0.15) is 0 Å². The third kappa shape index (κ3) is 3.96. The molecule has 3 N–H and O–H groups in total. The van der Waals surface area contributed by atoms with Crippen LogP contribution < -0.4 is 5.32 Å². The van der Waals surface area contributed by atoms with Crippen LogP contribution in [0.25, 0.3) is 0 Å². The smallest absolute Gasteiger partial charge is 0.310 e. The third-order valence-electron chi connectivity index (χ3n) is 5.33. The Morgan fingerprint density at radius 1 is 1.14 bits per heavy atom. The van der Waals surface area contributed by atoms with Crippen molar-refractivity contribution in [1.82, 2.24) is 5.32 Å². The zero-order chi connectivity index (χ0) is 15.5. The van der Waals surface area contributed by atoms with Gasteiger partial charge in [0.25, 0.3) is 0 Å². The summed E-state index contributed by atoms with van der Waals surface area (Å²) >= 11 is 0. The molecule has 0 bridgehead atoms. The van der Waals surface area contributed by atoms with Gasteiger partial charge in [0, 0.05) is 13.0 Å². The average molecular weight is 297 g/mol. The molecule has 1 amide bonds. The molecular formula is C16H27NO4. The Kier molecular flexibility index (Phi) is 4.91. The van der Waals surface area contributed by atoms with Gasteiger partial charge in [-0.3, -0.25) is 9.59 Å². The minimum absolute atomic E-state index is 0.0365. The van der Waals surface area contributed by atoms with Crippen molar-refractivity contribution in [3.05, 3.63) is 0 Å². The maximum atomic E-state index is 12.1. The van der Waals surface area contributed by atoms with Gasteiger partial charge in [0.05, 0.1) is 11.0 Å². The molecule has 0 radical (unpaired) electrons. The molecule has 0 aromatic carbocycles. The second kappa shape index (κ2) is 6.34. The van der Waals surface area contributed by atoms with E-state index in [4.69, 9.17) is 0 Å². The fraction of sp³-hybridized carbons (Fsp3) is 0.875. The Balaban J connectivity index is 1.83. The Hall–Kier alpha value is -1.10. The SMILES string of the molecule is CC1CCC(O)(CNC(=O)CC2(C(=O)O)CCCC2)CC1. The highest BCUT2D eigenvalue weighted by molar-refractivity contribution is 5.85. The van der Waals surface area contributed by atoms with E-state index in [0.29, 0.717) is 31.6 Å². The van der Waals surface area contributed by atoms with E-state index in [0.717, 1.165) is 25.7 Å². The first kappa shape index (κ1) is 16.3. The van der Waals surface area contributed by atoms with Crippen LogP contribution in [0.2, 0.25) is 0 Å². The van der Waals surface area contributed by atoms with Gasteiger partial charge in [-0.1, -0.05) is 19.8 Å². The van der Waals surface area contributed by atoms with E-state index in [1.807, 2.05) is 0 Å². The van der Waals surface area contributed by atoms with Crippen LogP contribution in [0.4, 0.5) is 0 Å². The van der Waals surface area contributed by atoms with E-state index >= 15 is 0 Å². The predicted octanol–water partition coefficient (Wildman–Crippen LogP) is 2.08. The van der Waals surface area contributed by atoms with Gasteiger partial charge in [-0.15, -0.1) is 0 Å². The molecule has 2 fully saturated rings. The number of aliphatic hydroxyl groups is 1. The molecule has 2 aliphatic rings. The van der Waals surface area contributed by atoms with Crippen molar-refractivity contribution in [3.8, 4) is 0 Å². The van der Waals surface area contributed by atoms with Crippen LogP contribution in [0.5, 0.6) is 0 Å². The number of carbonyl (C=O) groups excluding carboxylic acids is 1. The number of nitrogens with one attached hydrogen (secondary N) is 1. The van der Waals surface area contributed by atoms with Gasteiger partial charge in [-0.25, -0.2) is 0 Å². The van der Waals surface area contributed by atoms with Crippen molar-refractivity contribution in [2.45, 2.75) is 70.3 Å². The van der Waals surface area contributed by atoms with Gasteiger partial charge >= 0.3 is 5.97 Å². The number of carbonyl (C=O) groups is 2. The highest BCUT2D eigenvalue weighted by atomic mass is 16.4. The van der Waals surface area contributed by atoms with Gasteiger partial charge in [-0.2, -0.15) is 0 Å². The normalized spacial score (nSPS) is 31.8. The Labute approximate surface area is 126 Å². The third-order valence-corrected chi connectivity index (χ3v) is 5.33. The zero-order valence-corrected chi connectivity index (χ0v) is 12.9. The van der Waals surface area contributed by atoms with Crippen molar-refractivity contribution in [2.75, 3.05) is 6.54 Å². The molecule has 0 aliphatic heterocycles. The van der Waals surface area contributed by atoms with E-state index in [9.17, 15) is 19.8 Å². The fourth-order valence-corrected chi connectivity index (χ4v) is 3.63. The Morgan fingerprint density at radius 2 is 1.71 bits per heavy atom. The van der Waals surface area contributed by atoms with Crippen LogP contribution in [0.1, 0.15) is 64.7 Å². The summed E-state index contributed by atoms with van der Waals surface area (Å²) in [5.41, 5.74) is -1.69. The number of amides is 1. The summed E-state index contributed by atoms with van der Waals surface area (Å²) in [5, 5.41) is 22.6. The van der Waals surface area contributed by atoms with Gasteiger partial charge < -0.3 is 15.5 Å². The van der Waals surface area contributed by atoms with Gasteiger partial charge in [0.15, 0.2) is 0 Å². The fourth-order valence-electron chi connectivity index (χ4n) is 3.63. The van der Waals surface area contributed by atoms with E-state index < -0.39 is 17.0 Å². The van der Waals surface area contributed by atoms with Crippen LogP contribution in [-0.2, 0) is 9.59 Å². The molecule has 0 heterocycles. The number of carboxylic acid groups (broad SMARTS) is 1. The van der Waals surface area contributed by atoms with Crippen molar-refractivity contribution in [1.29, 1.82) is 0 Å². The largest absolute Gasteiger partial charge is 0.481 e. The van der Waals surface area contributed by atoms with Crippen LogP contribution in [-0.4, -0.2) is 34.2 Å². The summed E-state index contributed by atoms with van der Waals surface area (Å²) in [5.74, 6) is -0.471. The summed E-state index contributed by atoms with van der Waals surface area (Å²) < 4.78 is 0. The molecule has 0 unspecified atom stereocenters. The van der Waals surface area contributed by atoms with Crippen molar-refractivity contribution in [3.63, 3.8) is 0 Å². The number of rotatable bonds is 5. The molecule has 2 saturated carbocycles. The Bertz CT molecular complexity index is 393. The minimum Gasteiger partial charge on any atom is -0.481 e. The molecular weight excluding hydrogens is 270 g/mol. The van der Waals surface area contributed by atoms with E-state index in [2.05, 4.69) is 12.2 Å². The highest BCUT2D eigenvalue weighted by Gasteiger charge is 2.43. The summed E-state index contributed by atoms with van der Waals surface area (Å²) in [6, 6.07) is 0. The molecule has 0 aromatic rings. The maximum absolute atomic E-state index is 12.1. The predicted molar refractivity (Wildman–Crippen MR) is 78.7 cm³/mol. The first-order valence-corrected chi connectivity index (χ1v) is 8.08. The standard InChI is InChI=1S/C16H27NO4/c1-12-4-8-16(21,9-5-12)11-17-13(18)10-15(14(19)20)6-2-3-7-15/h12,21H,2-11H2,1H3,(H,17,18)(H,19,20). The summed E-state index contributed by atoms with van der Waals surface area (Å²) in [7, 11) is 0. The van der Waals surface area contributed by atoms with Gasteiger partial charge in [0.2, 0.25) is 5.91 Å². The van der Waals surface area contributed by atoms with Crippen molar-refractivity contribution >= 4 is 11.9 Å². The molecule has 0 saturated heterocycles. The van der Waals surface area contributed by atoms with Gasteiger partial charge in [-0.05, 0) is 44.4 Å². The lowest BCUT2D eigenvalue weighted by atomic mass is 9.79. The van der Waals surface area contributed by atoms with E-state index in [1.54, 1.807) is 0 Å². The van der Waals surface area contributed by atoms with Crippen LogP contribution in [0.15, 0.2) is 0 Å². The van der Waals surface area contributed by atoms with Crippen LogP contribution in [0, 0.1) is 11.3 Å². The summed E-state index contributed by atoms with van der Waals surface area (Å²) in [4.78, 5) is 23.5. The van der Waals surface area contributed by atoms with Crippen LogP contribution >= 0.6 is 0 Å². The van der Waals surface area contributed by atoms with Crippen molar-refractivity contribution in [2.24, 2.45) is 11.3 Å². The molecule has 5 nitrogen and oxygen atoms in total. The maximum Gasteiger partial charge on any atom is 0.310 e. The number of aliphatic carboxylic acids is 1. The van der Waals surface area contributed by atoms with Crippen molar-refractivity contribution < 1.29 is 19.8 Å². The van der Waals surface area contributed by atoms with E-state index in [-0.39, 0.29) is 18.9 Å². The highest BCUT2D eigenvalue weighted by Crippen LogP contribution is 2.41. The molecule has 5 heteroatoms. The molecule has 21 heavy (non-hydrogen) atoms. The molecule has 0 aromatic heterocycles. The zero-order valence-electron chi connectivity index (χ0n) is 12.9. The molecule has 2 rings (SSSR count). The molecule has 120 valence electrons. The second-order valence-electron chi connectivity index (χ2n) is 7.15. The lowest BCUT2D eigenvalue weighted by Crippen LogP contribution is -2.46. The van der Waals surface area contributed by atoms with Crippen LogP contribution in [0.3, 0.4) is 0 Å². The Morgan fingerprint density at radius 3 is 2.24 bits per heavy atom. The molecule has 2 aliphatic carbocycles. The minimum atomic E-state index is -0.881. The quantitative estimate of drug-likeness (QED) is 0.725. The summed E-state index contributed by atoms with van der Waals surface area (Å²) in [6.45, 7) is 2.42. The first-order valence-electron chi connectivity index (χ1n) is 8.08. The molecule has 0 atom stereocenters. The summed E-state index contributed by atoms with van der Waals surface area (Å²) in [6.07, 6.45) is 6.32. The average Bonchev–Trinajstić information content (AvgIpc) is 2.90. The molecule has 0 spiro atoms. The number of carboxylic acids is 1. The first-order chi connectivity index (χ1) is 9.85. The lowest BCUT2D eigenvalue weighted by Gasteiger charge is -2.35. The lowest BCUT2D eigenvalue weighted by molar-refractivity contribution is -0.151. The van der Waals surface area contributed by atoms with E-state index in [1.165, 1.54) is 0 Å². The monoisotopic (exact) mass is 297 g/mol. The number of hydrogen-bond acceptors (Lipinski definition) is 3. The second-order valence-corrected chi connectivity index (χ2v) is 7.15.